The van der Waals surface area contributed by atoms with Crippen LogP contribution in [0.25, 0.3) is 0 Å². The SMILES string of the molecule is COC(=O)[C@@]1(C)CC[C@]2(C)CC[C@]3(C)C(=CC[C@@H]4[C@@]5(C)CC[C@H](O)C(C)(C)[C@@H]5CC[C@]43C)[C@H]2C1. The highest BCUT2D eigenvalue weighted by molar-refractivity contribution is 5.76. The van der Waals surface area contributed by atoms with Gasteiger partial charge < -0.3 is 9.84 Å². The summed E-state index contributed by atoms with van der Waals surface area (Å²) >= 11 is 0. The third-order valence-corrected chi connectivity index (χ3v) is 13.5. The summed E-state index contributed by atoms with van der Waals surface area (Å²) < 4.78 is 5.29. The van der Waals surface area contributed by atoms with E-state index in [4.69, 9.17) is 4.74 Å². The van der Waals surface area contributed by atoms with Crippen molar-refractivity contribution in [2.75, 3.05) is 7.11 Å². The standard InChI is InChI=1S/C31H50O3/c1-26(2)22-11-14-31(7)23(29(22,5)13-12-24(26)32)10-9-20-21-19-28(4,25(33)34-8)16-15-27(21,3)17-18-30(20,31)6/h9,21-24,32H,10-19H2,1-8H3/t21-,22+,23-,24+,27-,28+,29+,30-,31-/m1/s1. The minimum absolute atomic E-state index is 0.00391. The third kappa shape index (κ3) is 2.94. The molecule has 0 amide bonds. The average molecular weight is 471 g/mol. The van der Waals surface area contributed by atoms with E-state index in [9.17, 15) is 9.90 Å². The van der Waals surface area contributed by atoms with E-state index < -0.39 is 0 Å². The van der Waals surface area contributed by atoms with Gasteiger partial charge in [-0.1, -0.05) is 53.2 Å². The van der Waals surface area contributed by atoms with Crippen LogP contribution >= 0.6 is 0 Å². The van der Waals surface area contributed by atoms with Gasteiger partial charge in [0, 0.05) is 0 Å². The van der Waals surface area contributed by atoms with Crippen molar-refractivity contribution < 1.29 is 14.6 Å². The van der Waals surface area contributed by atoms with Crippen molar-refractivity contribution >= 4 is 5.97 Å². The van der Waals surface area contributed by atoms with Gasteiger partial charge in [-0.05, 0) is 116 Å². The van der Waals surface area contributed by atoms with Crippen LogP contribution in [0.1, 0.15) is 113 Å². The number of carbonyl (C=O) groups excluding carboxylic acids is 1. The summed E-state index contributed by atoms with van der Waals surface area (Å²) in [6.45, 7) is 17.1. The van der Waals surface area contributed by atoms with Gasteiger partial charge in [0.25, 0.3) is 0 Å². The van der Waals surface area contributed by atoms with Crippen molar-refractivity contribution in [3.05, 3.63) is 11.6 Å². The second-order valence-corrected chi connectivity index (χ2v) is 15.1. The first-order valence-corrected chi connectivity index (χ1v) is 14.2. The number of esters is 1. The Morgan fingerprint density at radius 3 is 2.26 bits per heavy atom. The molecule has 0 aliphatic heterocycles. The molecule has 192 valence electrons. The number of aliphatic hydroxyl groups excluding tert-OH is 1. The highest BCUT2D eigenvalue weighted by Gasteiger charge is 2.68. The van der Waals surface area contributed by atoms with E-state index in [-0.39, 0.29) is 39.1 Å². The second kappa shape index (κ2) is 7.36. The van der Waals surface area contributed by atoms with Gasteiger partial charge in [-0.2, -0.15) is 0 Å². The summed E-state index contributed by atoms with van der Waals surface area (Å²) in [5.41, 5.74) is 2.39. The molecule has 0 saturated heterocycles. The van der Waals surface area contributed by atoms with Crippen molar-refractivity contribution in [3.8, 4) is 0 Å². The predicted molar refractivity (Wildman–Crippen MR) is 137 cm³/mol. The maximum atomic E-state index is 12.8. The van der Waals surface area contributed by atoms with Crippen LogP contribution in [-0.4, -0.2) is 24.3 Å². The zero-order valence-electron chi connectivity index (χ0n) is 23.2. The number of allylic oxidation sites excluding steroid dienone is 2. The summed E-state index contributed by atoms with van der Waals surface area (Å²) in [5.74, 6) is 1.72. The van der Waals surface area contributed by atoms with Crippen molar-refractivity contribution in [1.29, 1.82) is 0 Å². The minimum Gasteiger partial charge on any atom is -0.469 e. The fourth-order valence-electron chi connectivity index (χ4n) is 10.8. The lowest BCUT2D eigenvalue weighted by molar-refractivity contribution is -0.203. The smallest absolute Gasteiger partial charge is 0.311 e. The molecule has 5 rings (SSSR count). The maximum absolute atomic E-state index is 12.8. The predicted octanol–water partition coefficient (Wildman–Crippen LogP) is 7.32. The zero-order chi connectivity index (χ0) is 24.9. The molecule has 0 aromatic rings. The Balaban J connectivity index is 1.56. The van der Waals surface area contributed by atoms with Crippen LogP contribution in [0.3, 0.4) is 0 Å². The van der Waals surface area contributed by atoms with Gasteiger partial charge in [-0.25, -0.2) is 0 Å². The fourth-order valence-corrected chi connectivity index (χ4v) is 10.8. The van der Waals surface area contributed by atoms with Crippen LogP contribution in [0.2, 0.25) is 0 Å². The molecule has 3 nitrogen and oxygen atoms in total. The number of hydrogen-bond donors (Lipinski definition) is 1. The Kier molecular flexibility index (Phi) is 5.38. The number of aliphatic hydroxyl groups is 1. The van der Waals surface area contributed by atoms with Crippen molar-refractivity contribution in [1.82, 2.24) is 0 Å². The maximum Gasteiger partial charge on any atom is 0.311 e. The molecular formula is C31H50O3. The molecule has 0 aromatic carbocycles. The molecule has 5 aliphatic rings. The zero-order valence-corrected chi connectivity index (χ0v) is 23.2. The molecule has 34 heavy (non-hydrogen) atoms. The lowest BCUT2D eigenvalue weighted by atomic mass is 9.33. The summed E-state index contributed by atoms with van der Waals surface area (Å²) in [6.07, 6.45) is 13.8. The van der Waals surface area contributed by atoms with Crippen molar-refractivity contribution in [2.24, 2.45) is 50.2 Å². The van der Waals surface area contributed by atoms with Gasteiger partial charge in [-0.15, -0.1) is 0 Å². The summed E-state index contributed by atoms with van der Waals surface area (Å²) in [7, 11) is 1.56. The lowest BCUT2D eigenvalue weighted by Crippen LogP contribution is -2.64. The third-order valence-electron chi connectivity index (χ3n) is 13.5. The molecule has 0 bridgehead atoms. The summed E-state index contributed by atoms with van der Waals surface area (Å²) in [6, 6.07) is 0. The fraction of sp³-hybridized carbons (Fsp3) is 0.903. The molecule has 0 radical (unpaired) electrons. The first-order valence-electron chi connectivity index (χ1n) is 14.2. The van der Waals surface area contributed by atoms with Gasteiger partial charge in [0.1, 0.15) is 0 Å². The molecule has 9 atom stereocenters. The number of methoxy groups -OCH3 is 1. The Labute approximate surface area is 208 Å². The highest BCUT2D eigenvalue weighted by atomic mass is 16.5. The van der Waals surface area contributed by atoms with E-state index in [1.165, 1.54) is 32.1 Å². The molecule has 0 unspecified atom stereocenters. The van der Waals surface area contributed by atoms with Gasteiger partial charge in [0.15, 0.2) is 0 Å². The van der Waals surface area contributed by atoms with E-state index >= 15 is 0 Å². The van der Waals surface area contributed by atoms with Crippen molar-refractivity contribution in [2.45, 2.75) is 119 Å². The normalized spacial score (nSPS) is 54.0. The Morgan fingerprint density at radius 2 is 1.59 bits per heavy atom. The first-order chi connectivity index (χ1) is 15.7. The van der Waals surface area contributed by atoms with E-state index in [1.807, 2.05) is 0 Å². The monoisotopic (exact) mass is 470 g/mol. The summed E-state index contributed by atoms with van der Waals surface area (Å²) in [4.78, 5) is 12.8. The number of rotatable bonds is 1. The summed E-state index contributed by atoms with van der Waals surface area (Å²) in [5, 5.41) is 10.9. The number of fused-ring (bicyclic) bond motifs is 7. The molecular weight excluding hydrogens is 420 g/mol. The molecule has 4 saturated carbocycles. The molecule has 5 aliphatic carbocycles. The van der Waals surface area contributed by atoms with E-state index in [2.05, 4.69) is 54.5 Å². The Morgan fingerprint density at radius 1 is 0.912 bits per heavy atom. The van der Waals surface area contributed by atoms with Crippen molar-refractivity contribution in [3.63, 3.8) is 0 Å². The van der Waals surface area contributed by atoms with Crippen LogP contribution in [0, 0.1) is 50.2 Å². The molecule has 0 aromatic heterocycles. The number of carbonyl (C=O) groups is 1. The number of hydrogen-bond acceptors (Lipinski definition) is 3. The van der Waals surface area contributed by atoms with Gasteiger partial charge in [0.05, 0.1) is 18.6 Å². The molecule has 0 spiro atoms. The highest BCUT2D eigenvalue weighted by Crippen LogP contribution is 2.75. The van der Waals surface area contributed by atoms with Crippen LogP contribution in [0.15, 0.2) is 11.6 Å². The second-order valence-electron chi connectivity index (χ2n) is 15.1. The molecule has 4 fully saturated rings. The van der Waals surface area contributed by atoms with Crippen LogP contribution in [-0.2, 0) is 9.53 Å². The van der Waals surface area contributed by atoms with Crippen LogP contribution in [0.4, 0.5) is 0 Å². The number of ether oxygens (including phenoxy) is 1. The molecule has 0 heterocycles. The quantitative estimate of drug-likeness (QED) is 0.322. The molecule has 1 N–H and O–H groups in total. The lowest BCUT2D eigenvalue weighted by Gasteiger charge is -2.71. The van der Waals surface area contributed by atoms with E-state index in [0.29, 0.717) is 23.2 Å². The first kappa shape index (κ1) is 24.8. The van der Waals surface area contributed by atoms with Gasteiger partial charge in [0.2, 0.25) is 0 Å². The van der Waals surface area contributed by atoms with Crippen LogP contribution in [0.5, 0.6) is 0 Å². The average Bonchev–Trinajstić information content (AvgIpc) is 2.77. The van der Waals surface area contributed by atoms with E-state index in [0.717, 1.165) is 32.1 Å². The largest absolute Gasteiger partial charge is 0.469 e. The van der Waals surface area contributed by atoms with Gasteiger partial charge >= 0.3 is 5.97 Å². The Hall–Kier alpha value is -0.830. The topological polar surface area (TPSA) is 46.5 Å². The molecule has 3 heteroatoms. The van der Waals surface area contributed by atoms with E-state index in [1.54, 1.807) is 12.7 Å². The Bertz CT molecular complexity index is 904. The minimum atomic E-state index is -0.358. The van der Waals surface area contributed by atoms with Crippen LogP contribution < -0.4 is 0 Å². The van der Waals surface area contributed by atoms with Gasteiger partial charge in [-0.3, -0.25) is 4.79 Å².